The van der Waals surface area contributed by atoms with Crippen LogP contribution in [0.5, 0.6) is 0 Å². The fraction of sp³-hybridized carbons (Fsp3) is 0.0476. The molecule has 10 aromatic rings. The molecule has 0 saturated carbocycles. The molecule has 0 bridgehead atoms. The second-order valence-corrected chi connectivity index (χ2v) is 45.0. The van der Waals surface area contributed by atoms with Gasteiger partial charge in [0.2, 0.25) is 0 Å². The van der Waals surface area contributed by atoms with E-state index in [0.29, 0.717) is 0 Å². The third-order valence-electron chi connectivity index (χ3n) is 14.2. The van der Waals surface area contributed by atoms with E-state index in [1.165, 1.54) is 64.4 Å². The summed E-state index contributed by atoms with van der Waals surface area (Å²) in [4.78, 5) is 0. The van der Waals surface area contributed by atoms with Crippen LogP contribution in [0.2, 0.25) is 0 Å². The van der Waals surface area contributed by atoms with E-state index in [1.54, 1.807) is 0 Å². The number of benzene rings is 10. The molecule has 342 valence electrons. The van der Waals surface area contributed by atoms with E-state index in [1.807, 2.05) is 0 Å². The Morgan fingerprint density at radius 1 is 0.188 bits per heavy atom. The summed E-state index contributed by atoms with van der Waals surface area (Å²) in [6, 6.07) is 109. The van der Waals surface area contributed by atoms with Crippen LogP contribution in [0, 0.1) is 0 Å². The first-order valence-corrected chi connectivity index (χ1v) is 36.8. The van der Waals surface area contributed by atoms with Crippen LogP contribution in [0.25, 0.3) is 0 Å². The molecule has 0 nitrogen and oxygen atoms in total. The Balaban J connectivity index is 1.31. The predicted molar refractivity (Wildman–Crippen MR) is 320 cm³/mol. The van der Waals surface area contributed by atoms with E-state index in [4.69, 9.17) is 46.5 Å². The van der Waals surface area contributed by atoms with E-state index in [0.717, 1.165) is 18.5 Å². The fourth-order valence-electron chi connectivity index (χ4n) is 11.0. The van der Waals surface area contributed by atoms with Crippen LogP contribution < -0.4 is 47.7 Å². The van der Waals surface area contributed by atoms with E-state index in [-0.39, 0.29) is 0 Å². The molecule has 69 heavy (non-hydrogen) atoms. The van der Waals surface area contributed by atoms with Crippen molar-refractivity contribution >= 4 is 110 Å². The Hall–Kier alpha value is -5.07. The SMILES string of the molecule is BrP(Cc1cc(CP(Br)(c2ccccc2)(c2ccccc2)c2ccccc2)cc(CP(Br)(c2ccccc2)(c2ccccc2)c2ccccc2)c1)(c1ccccc1)(c1ccccc1)c1ccccc1. The number of rotatable bonds is 15. The summed E-state index contributed by atoms with van der Waals surface area (Å²) in [5.41, 5.74) is 3.85. The third-order valence-corrected chi connectivity index (χ3v) is 42.8. The Morgan fingerprint density at radius 3 is 0.420 bits per heavy atom. The average Bonchev–Trinajstić information content (AvgIpc) is 3.43. The Bertz CT molecular complexity index is 2620. The molecule has 0 amide bonds. The van der Waals surface area contributed by atoms with Crippen molar-refractivity contribution in [3.05, 3.63) is 308 Å². The van der Waals surface area contributed by atoms with Gasteiger partial charge in [-0.05, 0) is 0 Å². The topological polar surface area (TPSA) is 0 Å². The van der Waals surface area contributed by atoms with Crippen molar-refractivity contribution in [3.8, 4) is 0 Å². The summed E-state index contributed by atoms with van der Waals surface area (Å²) >= 11 is 14.7. The summed E-state index contributed by atoms with van der Waals surface area (Å²) in [7, 11) is 0. The Kier molecular flexibility index (Phi) is 13.3. The molecule has 10 aromatic carbocycles. The molecule has 0 radical (unpaired) electrons. The molecule has 0 spiro atoms. The summed E-state index contributed by atoms with van der Waals surface area (Å²) in [6.07, 6.45) is 2.26. The molecular weight excluding hydrogens is 1090 g/mol. The maximum atomic E-state index is 4.90. The molecule has 0 aliphatic heterocycles. The van der Waals surface area contributed by atoms with Crippen molar-refractivity contribution in [3.63, 3.8) is 0 Å². The maximum absolute atomic E-state index is 4.90. The quantitative estimate of drug-likeness (QED) is 0.0898. The Labute approximate surface area is 432 Å². The van der Waals surface area contributed by atoms with Crippen LogP contribution in [0.15, 0.2) is 291 Å². The number of halogens is 3. The van der Waals surface area contributed by atoms with Gasteiger partial charge < -0.3 is 0 Å². The third kappa shape index (κ3) is 8.19. The minimum absolute atomic E-state index is 0.755. The zero-order chi connectivity index (χ0) is 47.3. The molecule has 0 aromatic heterocycles. The zero-order valence-corrected chi connectivity index (χ0v) is 45.8. The van der Waals surface area contributed by atoms with Gasteiger partial charge in [-0.2, -0.15) is 0 Å². The molecule has 0 atom stereocenters. The summed E-state index contributed by atoms with van der Waals surface area (Å²) in [5.74, 6) is 0. The van der Waals surface area contributed by atoms with Crippen molar-refractivity contribution in [2.75, 3.05) is 0 Å². The molecule has 0 heterocycles. The van der Waals surface area contributed by atoms with Crippen LogP contribution in [0.1, 0.15) is 16.7 Å². The van der Waals surface area contributed by atoms with Crippen molar-refractivity contribution in [1.82, 2.24) is 0 Å². The molecule has 0 fully saturated rings. The van der Waals surface area contributed by atoms with Crippen molar-refractivity contribution in [1.29, 1.82) is 0 Å². The predicted octanol–water partition coefficient (Wildman–Crippen LogP) is 14.7. The minimum atomic E-state index is -3.48. The van der Waals surface area contributed by atoms with E-state index >= 15 is 0 Å². The molecular formula is C63H54Br3P3. The summed E-state index contributed by atoms with van der Waals surface area (Å²) < 4.78 is 0. The molecule has 0 aliphatic rings. The van der Waals surface area contributed by atoms with Gasteiger partial charge in [-0.3, -0.25) is 0 Å². The van der Waals surface area contributed by atoms with E-state index < -0.39 is 15.9 Å². The van der Waals surface area contributed by atoms with Crippen molar-refractivity contribution in [2.24, 2.45) is 0 Å². The first-order valence-electron chi connectivity index (χ1n) is 23.5. The summed E-state index contributed by atoms with van der Waals surface area (Å²) in [6.45, 7) is 0. The molecule has 6 heteroatoms. The molecule has 0 saturated heterocycles. The standard InChI is InChI=1S/C63H54Br3P3/c64-67(55-28-10-1-11-29-55,56-30-12-2-13-31-56,57-32-14-3-15-33-57)49-52-46-53(50-68(65,58-34-16-4-17-35-58,59-36-18-5-19-37-59)60-38-20-6-21-39-60)48-54(47-52)51-69(66,61-40-22-7-23-41-61,62-42-24-8-25-43-62)63-44-26-9-27-45-63/h1-48H,49-51H2. The molecule has 0 unspecified atom stereocenters. The van der Waals surface area contributed by atoms with Gasteiger partial charge >= 0.3 is 436 Å². The molecule has 10 rings (SSSR count). The van der Waals surface area contributed by atoms with Gasteiger partial charge in [-0.15, -0.1) is 0 Å². The first-order chi connectivity index (χ1) is 33.6. The van der Waals surface area contributed by atoms with Gasteiger partial charge in [-0.1, -0.05) is 0 Å². The van der Waals surface area contributed by atoms with Gasteiger partial charge in [0.05, 0.1) is 0 Å². The van der Waals surface area contributed by atoms with Crippen molar-refractivity contribution < 1.29 is 0 Å². The van der Waals surface area contributed by atoms with Crippen LogP contribution in [-0.2, 0) is 18.5 Å². The van der Waals surface area contributed by atoms with Gasteiger partial charge in [-0.25, -0.2) is 0 Å². The van der Waals surface area contributed by atoms with Crippen LogP contribution in [-0.4, -0.2) is 0 Å². The van der Waals surface area contributed by atoms with E-state index in [2.05, 4.69) is 291 Å². The second-order valence-electron chi connectivity index (χ2n) is 18.2. The molecule has 0 aliphatic carbocycles. The number of hydrogen-bond donors (Lipinski definition) is 0. The first kappa shape index (κ1) is 47.6. The monoisotopic (exact) mass is 1140 g/mol. The van der Waals surface area contributed by atoms with Gasteiger partial charge in [0.25, 0.3) is 0 Å². The number of hydrogen-bond acceptors (Lipinski definition) is 0. The second kappa shape index (κ2) is 19.3. The van der Waals surface area contributed by atoms with Crippen LogP contribution in [0.3, 0.4) is 0 Å². The normalized spacial score (nSPS) is 13.7. The van der Waals surface area contributed by atoms with Crippen LogP contribution >= 0.6 is 62.4 Å². The molecule has 0 N–H and O–H groups in total. The van der Waals surface area contributed by atoms with Crippen LogP contribution in [0.4, 0.5) is 0 Å². The van der Waals surface area contributed by atoms with E-state index in [9.17, 15) is 0 Å². The zero-order valence-electron chi connectivity index (χ0n) is 38.3. The van der Waals surface area contributed by atoms with Gasteiger partial charge in [0.1, 0.15) is 0 Å². The average molecular weight is 1140 g/mol. The van der Waals surface area contributed by atoms with Crippen molar-refractivity contribution in [2.45, 2.75) is 18.5 Å². The summed E-state index contributed by atoms with van der Waals surface area (Å²) in [5, 5.41) is 1.22. The van der Waals surface area contributed by atoms with Gasteiger partial charge in [0.15, 0.2) is 0 Å². The Morgan fingerprint density at radius 2 is 0.304 bits per heavy atom. The fourth-order valence-corrected chi connectivity index (χ4v) is 34.0. The van der Waals surface area contributed by atoms with Gasteiger partial charge in [0, 0.05) is 0 Å².